The van der Waals surface area contributed by atoms with E-state index >= 15 is 0 Å². The Labute approximate surface area is 121 Å². The lowest BCUT2D eigenvalue weighted by molar-refractivity contribution is 0.177. The van der Waals surface area contributed by atoms with E-state index in [1.54, 1.807) is 6.07 Å². The van der Waals surface area contributed by atoms with E-state index in [-0.39, 0.29) is 28.4 Å². The zero-order valence-corrected chi connectivity index (χ0v) is 12.2. The number of benzene rings is 1. The summed E-state index contributed by atoms with van der Waals surface area (Å²) < 4.78 is 19.4. The van der Waals surface area contributed by atoms with Crippen molar-refractivity contribution in [2.75, 3.05) is 7.11 Å². The molecule has 0 atom stereocenters. The molecule has 4 nitrogen and oxygen atoms in total. The van der Waals surface area contributed by atoms with Crippen LogP contribution in [-0.2, 0) is 11.3 Å². The highest BCUT2D eigenvalue weighted by molar-refractivity contribution is 9.10. The van der Waals surface area contributed by atoms with Crippen LogP contribution in [0.3, 0.4) is 0 Å². The first-order valence-corrected chi connectivity index (χ1v) is 6.43. The Kier molecular flexibility index (Phi) is 4.34. The van der Waals surface area contributed by atoms with Gasteiger partial charge in [-0.15, -0.1) is 0 Å². The van der Waals surface area contributed by atoms with Crippen molar-refractivity contribution < 1.29 is 9.13 Å². The van der Waals surface area contributed by atoms with Crippen molar-refractivity contribution >= 4 is 27.5 Å². The van der Waals surface area contributed by atoms with Gasteiger partial charge in [0.15, 0.2) is 5.82 Å². The van der Waals surface area contributed by atoms with Crippen LogP contribution >= 0.6 is 27.5 Å². The van der Waals surface area contributed by atoms with Crippen LogP contribution in [0, 0.1) is 5.82 Å². The van der Waals surface area contributed by atoms with Gasteiger partial charge >= 0.3 is 0 Å². The number of ether oxygens (including phenoxy) is 1. The van der Waals surface area contributed by atoms with Gasteiger partial charge in [-0.05, 0) is 28.1 Å². The van der Waals surface area contributed by atoms with Crippen molar-refractivity contribution in [3.63, 3.8) is 0 Å². The van der Waals surface area contributed by atoms with Crippen LogP contribution in [0.4, 0.5) is 4.39 Å². The fourth-order valence-electron chi connectivity index (χ4n) is 1.57. The zero-order valence-electron chi connectivity index (χ0n) is 9.84. The van der Waals surface area contributed by atoms with Gasteiger partial charge in [0.25, 0.3) is 5.56 Å². The van der Waals surface area contributed by atoms with Crippen molar-refractivity contribution in [1.82, 2.24) is 9.97 Å². The molecule has 2 aromatic rings. The average Bonchev–Trinajstić information content (AvgIpc) is 2.36. The van der Waals surface area contributed by atoms with Gasteiger partial charge in [-0.3, -0.25) is 4.79 Å². The minimum absolute atomic E-state index is 0.0483. The summed E-state index contributed by atoms with van der Waals surface area (Å²) in [5, 5.41) is -0.0483. The minimum atomic E-state index is -0.627. The van der Waals surface area contributed by atoms with Crippen LogP contribution in [0.5, 0.6) is 0 Å². The molecule has 1 N–H and O–H groups in total. The van der Waals surface area contributed by atoms with E-state index < -0.39 is 5.82 Å². The second-order valence-electron chi connectivity index (χ2n) is 3.73. The molecule has 100 valence electrons. The van der Waals surface area contributed by atoms with E-state index in [4.69, 9.17) is 16.3 Å². The van der Waals surface area contributed by atoms with Crippen molar-refractivity contribution in [1.29, 1.82) is 0 Å². The first-order chi connectivity index (χ1) is 9.02. The monoisotopic (exact) mass is 346 g/mol. The molecule has 0 aliphatic carbocycles. The summed E-state index contributed by atoms with van der Waals surface area (Å²) in [6.07, 6.45) is 0. The van der Waals surface area contributed by atoms with Crippen LogP contribution < -0.4 is 5.56 Å². The third kappa shape index (κ3) is 3.02. The molecule has 0 fully saturated rings. The Morgan fingerprint density at radius 2 is 2.26 bits per heavy atom. The predicted octanol–water partition coefficient (Wildman–Crippen LogP) is 3.14. The molecule has 0 spiro atoms. The van der Waals surface area contributed by atoms with Gasteiger partial charge in [-0.1, -0.05) is 11.6 Å². The molecule has 0 bridgehead atoms. The first-order valence-electron chi connectivity index (χ1n) is 5.26. The summed E-state index contributed by atoms with van der Waals surface area (Å²) in [6.45, 7) is 0.134. The van der Waals surface area contributed by atoms with Gasteiger partial charge in [-0.2, -0.15) is 0 Å². The smallest absolute Gasteiger partial charge is 0.251 e. The predicted molar refractivity (Wildman–Crippen MR) is 73.7 cm³/mol. The number of hydrogen-bond donors (Lipinski definition) is 1. The Bertz CT molecular complexity index is 675. The third-order valence-electron chi connectivity index (χ3n) is 2.38. The van der Waals surface area contributed by atoms with E-state index in [0.717, 1.165) is 0 Å². The molecule has 0 radical (unpaired) electrons. The lowest BCUT2D eigenvalue weighted by atomic mass is 10.1. The Hall–Kier alpha value is -1.24. The molecule has 0 unspecified atom stereocenters. The van der Waals surface area contributed by atoms with E-state index in [2.05, 4.69) is 25.9 Å². The van der Waals surface area contributed by atoms with Crippen molar-refractivity contribution in [2.45, 2.75) is 6.61 Å². The lowest BCUT2D eigenvalue weighted by Gasteiger charge is -2.07. The van der Waals surface area contributed by atoms with Crippen LogP contribution in [0.25, 0.3) is 11.3 Å². The number of nitrogens with zero attached hydrogens (tertiary/aromatic N) is 1. The van der Waals surface area contributed by atoms with E-state index in [9.17, 15) is 9.18 Å². The van der Waals surface area contributed by atoms with Gasteiger partial charge < -0.3 is 9.72 Å². The number of aromatic nitrogens is 2. The number of halogens is 3. The van der Waals surface area contributed by atoms with Crippen LogP contribution in [0.1, 0.15) is 5.82 Å². The van der Waals surface area contributed by atoms with Crippen LogP contribution in [-0.4, -0.2) is 17.1 Å². The number of nitrogens with one attached hydrogen (secondary N) is 1. The Balaban J connectivity index is 2.59. The Morgan fingerprint density at radius 1 is 1.53 bits per heavy atom. The van der Waals surface area contributed by atoms with Crippen LogP contribution in [0.2, 0.25) is 5.02 Å². The molecular formula is C12H9BrClFN2O2. The average molecular weight is 348 g/mol. The summed E-state index contributed by atoms with van der Waals surface area (Å²) in [7, 11) is 1.48. The van der Waals surface area contributed by atoms with Gasteiger partial charge in [-0.25, -0.2) is 9.37 Å². The quantitative estimate of drug-likeness (QED) is 0.868. The summed E-state index contributed by atoms with van der Waals surface area (Å²) in [6, 6.07) is 4.31. The molecule has 1 aromatic heterocycles. The molecule has 0 saturated heterocycles. The normalized spacial score (nSPS) is 10.7. The lowest BCUT2D eigenvalue weighted by Crippen LogP contribution is -2.12. The summed E-state index contributed by atoms with van der Waals surface area (Å²) >= 11 is 8.94. The van der Waals surface area contributed by atoms with E-state index in [1.165, 1.54) is 19.2 Å². The molecule has 2 rings (SSSR count). The maximum Gasteiger partial charge on any atom is 0.251 e. The van der Waals surface area contributed by atoms with Gasteiger partial charge in [0.1, 0.15) is 12.4 Å². The highest BCUT2D eigenvalue weighted by atomic mass is 79.9. The SMILES string of the molecule is COCc1nc(-c2ccc(Br)c(Cl)c2F)cc(=O)[nH]1. The zero-order chi connectivity index (χ0) is 14.0. The fraction of sp³-hybridized carbons (Fsp3) is 0.167. The molecule has 0 aliphatic heterocycles. The minimum Gasteiger partial charge on any atom is -0.377 e. The number of hydrogen-bond acceptors (Lipinski definition) is 3. The number of aromatic amines is 1. The Morgan fingerprint density at radius 3 is 2.95 bits per heavy atom. The van der Waals surface area contributed by atoms with Crippen molar-refractivity contribution in [3.05, 3.63) is 49.7 Å². The van der Waals surface area contributed by atoms with E-state index in [0.29, 0.717) is 10.3 Å². The van der Waals surface area contributed by atoms with E-state index in [1.807, 2.05) is 0 Å². The van der Waals surface area contributed by atoms with Crippen LogP contribution in [0.15, 0.2) is 27.5 Å². The largest absolute Gasteiger partial charge is 0.377 e. The summed E-state index contributed by atoms with van der Waals surface area (Å²) in [5.74, 6) is -0.305. The second kappa shape index (κ2) is 5.81. The van der Waals surface area contributed by atoms with Crippen molar-refractivity contribution in [2.24, 2.45) is 0 Å². The van der Waals surface area contributed by atoms with Gasteiger partial charge in [0, 0.05) is 23.2 Å². The maximum atomic E-state index is 14.1. The van der Waals surface area contributed by atoms with Crippen molar-refractivity contribution in [3.8, 4) is 11.3 Å². The molecule has 0 amide bonds. The second-order valence-corrected chi connectivity index (χ2v) is 4.97. The number of methoxy groups -OCH3 is 1. The third-order valence-corrected chi connectivity index (χ3v) is 3.64. The fourth-order valence-corrected chi connectivity index (χ4v) is 2.05. The molecule has 7 heteroatoms. The molecule has 19 heavy (non-hydrogen) atoms. The molecular weight excluding hydrogens is 338 g/mol. The number of rotatable bonds is 3. The molecule has 0 saturated carbocycles. The molecule has 1 aromatic carbocycles. The topological polar surface area (TPSA) is 55.0 Å². The summed E-state index contributed by atoms with van der Waals surface area (Å²) in [5.41, 5.74) is -0.00477. The molecule has 1 heterocycles. The first kappa shape index (κ1) is 14.2. The summed E-state index contributed by atoms with van der Waals surface area (Å²) in [4.78, 5) is 18.1. The maximum absolute atomic E-state index is 14.1. The van der Waals surface area contributed by atoms with Gasteiger partial charge in [0.05, 0.1) is 10.7 Å². The highest BCUT2D eigenvalue weighted by Crippen LogP contribution is 2.31. The van der Waals surface area contributed by atoms with Gasteiger partial charge in [0.2, 0.25) is 0 Å². The number of H-pyrrole nitrogens is 1. The highest BCUT2D eigenvalue weighted by Gasteiger charge is 2.14. The molecule has 0 aliphatic rings. The standard InChI is InChI=1S/C12H9BrClFN2O2/c1-19-5-9-16-8(4-10(18)17-9)6-2-3-7(13)11(14)12(6)15/h2-4H,5H2,1H3,(H,16,17,18).